The van der Waals surface area contributed by atoms with E-state index in [0.29, 0.717) is 22.5 Å². The van der Waals surface area contributed by atoms with Crippen LogP contribution in [0.5, 0.6) is 0 Å². The van der Waals surface area contributed by atoms with E-state index in [4.69, 9.17) is 0 Å². The fourth-order valence-corrected chi connectivity index (χ4v) is 3.17. The van der Waals surface area contributed by atoms with Gasteiger partial charge in [0.2, 0.25) is 0 Å². The first kappa shape index (κ1) is 17.1. The highest BCUT2D eigenvalue weighted by atomic mass is 19.1. The lowest BCUT2D eigenvalue weighted by Gasteiger charge is -2.11. The van der Waals surface area contributed by atoms with E-state index < -0.39 is 23.4 Å². The van der Waals surface area contributed by atoms with Gasteiger partial charge in [-0.3, -0.25) is 8.97 Å². The Morgan fingerprint density at radius 1 is 1.00 bits per heavy atom. The van der Waals surface area contributed by atoms with Crippen LogP contribution < -0.4 is 5.69 Å². The molecule has 0 radical (unpaired) electrons. The number of hydrogen-bond donors (Lipinski definition) is 1. The maximum absolute atomic E-state index is 13.7. The highest BCUT2D eigenvalue weighted by Crippen LogP contribution is 2.22. The van der Waals surface area contributed by atoms with Gasteiger partial charge in [0.25, 0.3) is 0 Å². The lowest BCUT2D eigenvalue weighted by atomic mass is 10.3. The Labute approximate surface area is 160 Å². The van der Waals surface area contributed by atoms with Crippen molar-refractivity contribution in [2.24, 2.45) is 0 Å². The molecule has 5 aromatic heterocycles. The van der Waals surface area contributed by atoms with Gasteiger partial charge in [0.1, 0.15) is 22.7 Å². The second-order valence-electron chi connectivity index (χ2n) is 6.39. The first-order chi connectivity index (χ1) is 14.0. The second kappa shape index (κ2) is 6.26. The van der Waals surface area contributed by atoms with Crippen LogP contribution in [0.15, 0.2) is 47.9 Å². The zero-order chi connectivity index (χ0) is 20.1. The molecular formula is C18H12F2N8O. The molecule has 0 saturated heterocycles. The molecule has 0 spiro atoms. The molecular weight excluding hydrogens is 382 g/mol. The van der Waals surface area contributed by atoms with Gasteiger partial charge < -0.3 is 4.98 Å². The van der Waals surface area contributed by atoms with Crippen molar-refractivity contribution in [2.75, 3.05) is 0 Å². The monoisotopic (exact) mass is 394 g/mol. The normalized spacial score (nSPS) is 12.7. The van der Waals surface area contributed by atoms with Crippen LogP contribution in [0.3, 0.4) is 0 Å². The summed E-state index contributed by atoms with van der Waals surface area (Å²) in [5.74, 6) is -0.489. The van der Waals surface area contributed by atoms with Crippen LogP contribution in [0.4, 0.5) is 8.78 Å². The number of fused-ring (bicyclic) bond motifs is 2. The maximum Gasteiger partial charge on any atom is 0.328 e. The molecule has 0 bridgehead atoms. The number of halogens is 2. The van der Waals surface area contributed by atoms with Gasteiger partial charge in [0.05, 0.1) is 30.8 Å². The van der Waals surface area contributed by atoms with E-state index in [1.54, 1.807) is 6.92 Å². The van der Waals surface area contributed by atoms with Crippen LogP contribution >= 0.6 is 0 Å². The van der Waals surface area contributed by atoms with E-state index in [-0.39, 0.29) is 11.6 Å². The molecule has 5 heterocycles. The van der Waals surface area contributed by atoms with Crippen LogP contribution in [-0.2, 0) is 0 Å². The van der Waals surface area contributed by atoms with Crippen LogP contribution in [0.25, 0.3) is 28.3 Å². The summed E-state index contributed by atoms with van der Waals surface area (Å²) in [6, 6.07) is 2.24. The minimum absolute atomic E-state index is 0.256. The van der Waals surface area contributed by atoms with Gasteiger partial charge >= 0.3 is 5.69 Å². The topological polar surface area (TPSA) is 107 Å². The Morgan fingerprint density at radius 3 is 2.59 bits per heavy atom. The van der Waals surface area contributed by atoms with E-state index in [2.05, 4.69) is 29.9 Å². The number of imidazole rings is 2. The van der Waals surface area contributed by atoms with Gasteiger partial charge in [0.15, 0.2) is 23.1 Å². The van der Waals surface area contributed by atoms with Crippen molar-refractivity contribution in [1.29, 1.82) is 0 Å². The number of aromatic amines is 1. The first-order valence-corrected chi connectivity index (χ1v) is 8.59. The molecule has 0 aromatic carbocycles. The summed E-state index contributed by atoms with van der Waals surface area (Å²) in [5, 5.41) is 0. The van der Waals surface area contributed by atoms with Gasteiger partial charge in [-0.15, -0.1) is 0 Å². The fourth-order valence-electron chi connectivity index (χ4n) is 3.17. The highest BCUT2D eigenvalue weighted by molar-refractivity contribution is 5.72. The molecule has 1 unspecified atom stereocenters. The van der Waals surface area contributed by atoms with Crippen molar-refractivity contribution < 1.29 is 8.78 Å². The highest BCUT2D eigenvalue weighted by Gasteiger charge is 2.20. The zero-order valence-electron chi connectivity index (χ0n) is 14.9. The largest absolute Gasteiger partial charge is 0.328 e. The molecule has 0 aliphatic rings. The summed E-state index contributed by atoms with van der Waals surface area (Å²) in [6.45, 7) is 1.70. The molecule has 29 heavy (non-hydrogen) atoms. The van der Waals surface area contributed by atoms with Crippen LogP contribution in [-0.4, -0.2) is 38.9 Å². The van der Waals surface area contributed by atoms with E-state index in [0.717, 1.165) is 12.4 Å². The number of nitrogens with zero attached hydrogens (tertiary/aromatic N) is 7. The van der Waals surface area contributed by atoms with Crippen LogP contribution in [0.2, 0.25) is 0 Å². The number of hydrogen-bond acceptors (Lipinski definition) is 6. The van der Waals surface area contributed by atoms with E-state index >= 15 is 0 Å². The number of aromatic nitrogens is 8. The molecule has 0 amide bonds. The molecule has 1 N–H and O–H groups in total. The minimum atomic E-state index is -0.612. The van der Waals surface area contributed by atoms with Crippen molar-refractivity contribution >= 4 is 16.8 Å². The molecule has 5 aromatic rings. The van der Waals surface area contributed by atoms with E-state index in [9.17, 15) is 13.6 Å². The predicted molar refractivity (Wildman–Crippen MR) is 98.1 cm³/mol. The van der Waals surface area contributed by atoms with Gasteiger partial charge in [-0.25, -0.2) is 38.5 Å². The Hall–Kier alpha value is -4.02. The quantitative estimate of drug-likeness (QED) is 0.502. The molecule has 5 rings (SSSR count). The summed E-state index contributed by atoms with van der Waals surface area (Å²) in [4.78, 5) is 36.1. The summed E-state index contributed by atoms with van der Waals surface area (Å²) in [5.41, 5.74) is 1.28. The Kier molecular flexibility index (Phi) is 3.69. The first-order valence-electron chi connectivity index (χ1n) is 8.59. The smallest absolute Gasteiger partial charge is 0.303 e. The van der Waals surface area contributed by atoms with Gasteiger partial charge in [-0.2, -0.15) is 0 Å². The summed E-state index contributed by atoms with van der Waals surface area (Å²) >= 11 is 0. The number of pyridine rings is 1. The number of H-pyrrole nitrogens is 1. The summed E-state index contributed by atoms with van der Waals surface area (Å²) in [6.07, 6.45) is 6.34. The molecule has 11 heteroatoms. The van der Waals surface area contributed by atoms with E-state index in [1.165, 1.54) is 39.7 Å². The average molecular weight is 394 g/mol. The molecule has 0 aliphatic heterocycles. The Morgan fingerprint density at radius 2 is 1.79 bits per heavy atom. The molecule has 0 fully saturated rings. The van der Waals surface area contributed by atoms with Gasteiger partial charge in [-0.1, -0.05) is 0 Å². The standard InChI is InChI=1S/C18H12F2N8O/c1-9(15-22-4-11(20)5-23-15)28-17-12(25-18(28)29)6-24-16(26-17)13-7-21-14-3-2-10(19)8-27(13)14/h2-9H,1H3,(H,25,29). The predicted octanol–water partition coefficient (Wildman–Crippen LogP) is 2.11. The zero-order valence-corrected chi connectivity index (χ0v) is 14.9. The molecule has 0 aliphatic carbocycles. The van der Waals surface area contributed by atoms with Crippen molar-refractivity contribution in [3.8, 4) is 11.5 Å². The van der Waals surface area contributed by atoms with E-state index in [1.807, 2.05) is 0 Å². The third-order valence-corrected chi connectivity index (χ3v) is 4.56. The van der Waals surface area contributed by atoms with Crippen molar-refractivity contribution in [3.63, 3.8) is 0 Å². The van der Waals surface area contributed by atoms with Crippen LogP contribution in [0.1, 0.15) is 18.8 Å². The molecule has 1 atom stereocenters. The third-order valence-electron chi connectivity index (χ3n) is 4.56. The SMILES string of the molecule is CC(c1ncc(F)cn1)n1c(=O)[nH]c2cnc(-c3cnc4ccc(F)cn34)nc21. The van der Waals surface area contributed by atoms with Crippen LogP contribution in [0, 0.1) is 11.6 Å². The number of rotatable bonds is 3. The van der Waals surface area contributed by atoms with Gasteiger partial charge in [-0.05, 0) is 19.1 Å². The van der Waals surface area contributed by atoms with Crippen molar-refractivity contribution in [3.05, 3.63) is 71.1 Å². The number of nitrogens with one attached hydrogen (secondary N) is 1. The molecule has 0 saturated carbocycles. The minimum Gasteiger partial charge on any atom is -0.303 e. The van der Waals surface area contributed by atoms with Crippen molar-refractivity contribution in [1.82, 2.24) is 38.9 Å². The maximum atomic E-state index is 13.7. The second-order valence-corrected chi connectivity index (χ2v) is 6.39. The van der Waals surface area contributed by atoms with Gasteiger partial charge in [0, 0.05) is 6.20 Å². The average Bonchev–Trinajstić information content (AvgIpc) is 3.27. The molecule has 9 nitrogen and oxygen atoms in total. The fraction of sp³-hybridized carbons (Fsp3) is 0.111. The Bertz CT molecular complexity index is 1420. The summed E-state index contributed by atoms with van der Waals surface area (Å²) in [7, 11) is 0. The third kappa shape index (κ3) is 2.74. The lowest BCUT2D eigenvalue weighted by molar-refractivity contribution is 0.567. The van der Waals surface area contributed by atoms with Crippen molar-refractivity contribution in [2.45, 2.75) is 13.0 Å². The summed E-state index contributed by atoms with van der Waals surface area (Å²) < 4.78 is 29.7. The molecule has 144 valence electrons. The Balaban J connectivity index is 1.68. The lowest BCUT2D eigenvalue weighted by Crippen LogP contribution is -2.23.